The van der Waals surface area contributed by atoms with Gasteiger partial charge in [-0.3, -0.25) is 0 Å². The van der Waals surface area contributed by atoms with Crippen LogP contribution in [0.3, 0.4) is 0 Å². The average molecular weight is 418 g/mol. The third-order valence-electron chi connectivity index (χ3n) is 4.33. The Balaban J connectivity index is 1.76. The molecule has 0 radical (unpaired) electrons. The smallest absolute Gasteiger partial charge is 0.117 e. The lowest BCUT2D eigenvalue weighted by molar-refractivity contribution is 0.394. The van der Waals surface area contributed by atoms with E-state index in [9.17, 15) is 0 Å². The summed E-state index contributed by atoms with van der Waals surface area (Å²) in [6.07, 6.45) is 1.09. The van der Waals surface area contributed by atoms with Gasteiger partial charge in [0.15, 0.2) is 0 Å². The molecular weight excluding hydrogens is 393 g/mol. The van der Waals surface area contributed by atoms with E-state index in [4.69, 9.17) is 33.4 Å². The van der Waals surface area contributed by atoms with Gasteiger partial charge in [-0.2, -0.15) is 15.0 Å². The largest absolute Gasteiger partial charge is 0.311 e. The predicted octanol–water partition coefficient (Wildman–Crippen LogP) is 4.34. The number of rotatable bonds is 9. The van der Waals surface area contributed by atoms with Gasteiger partial charge in [0.1, 0.15) is 11.4 Å². The number of nitrogens with zero attached hydrogens (tertiary/aromatic N) is 4. The van der Waals surface area contributed by atoms with Gasteiger partial charge in [0.2, 0.25) is 0 Å². The van der Waals surface area contributed by atoms with E-state index in [1.165, 1.54) is 0 Å². The van der Waals surface area contributed by atoms with Crippen molar-refractivity contribution in [2.75, 3.05) is 27.2 Å². The van der Waals surface area contributed by atoms with Crippen LogP contribution < -0.4 is 5.32 Å². The summed E-state index contributed by atoms with van der Waals surface area (Å²) in [5, 5.41) is 14.0. The summed E-state index contributed by atoms with van der Waals surface area (Å²) in [7, 11) is 4.17. The molecule has 28 heavy (non-hydrogen) atoms. The van der Waals surface area contributed by atoms with Crippen LogP contribution in [0.25, 0.3) is 11.3 Å². The molecule has 0 saturated carbocycles. The highest BCUT2D eigenvalue weighted by Crippen LogP contribution is 2.24. The van der Waals surface area contributed by atoms with Crippen molar-refractivity contribution in [1.29, 1.82) is 0 Å². The van der Waals surface area contributed by atoms with Gasteiger partial charge in [-0.15, -0.1) is 0 Å². The Hall–Kier alpha value is -1.92. The van der Waals surface area contributed by atoms with Gasteiger partial charge in [-0.1, -0.05) is 59.6 Å². The Morgan fingerprint density at radius 3 is 2.50 bits per heavy atom. The fraction of sp³-hybridized carbons (Fsp3) is 0.333. The van der Waals surface area contributed by atoms with Gasteiger partial charge in [0.05, 0.1) is 16.6 Å². The number of hydrogen-bond acceptors (Lipinski definition) is 4. The van der Waals surface area contributed by atoms with E-state index in [-0.39, 0.29) is 0 Å². The molecule has 0 bridgehead atoms. The summed E-state index contributed by atoms with van der Waals surface area (Å²) in [5.41, 5.74) is 3.92. The van der Waals surface area contributed by atoms with Crippen molar-refractivity contribution in [1.82, 2.24) is 25.2 Å². The molecule has 1 heterocycles. The molecule has 148 valence electrons. The Bertz CT molecular complexity index is 893. The van der Waals surface area contributed by atoms with Crippen molar-refractivity contribution in [3.8, 4) is 11.3 Å². The third kappa shape index (κ3) is 5.79. The molecule has 0 aliphatic rings. The maximum absolute atomic E-state index is 6.14. The minimum absolute atomic E-state index is 0.539. The monoisotopic (exact) mass is 417 g/mol. The lowest BCUT2D eigenvalue weighted by Crippen LogP contribution is -2.21. The minimum Gasteiger partial charge on any atom is -0.311 e. The van der Waals surface area contributed by atoms with Crippen molar-refractivity contribution < 1.29 is 0 Å². The zero-order valence-electron chi connectivity index (χ0n) is 16.2. The van der Waals surface area contributed by atoms with Crippen LogP contribution in [0.15, 0.2) is 48.5 Å². The molecule has 0 aliphatic carbocycles. The zero-order chi connectivity index (χ0) is 19.9. The topological polar surface area (TPSA) is 46.0 Å². The van der Waals surface area contributed by atoms with Crippen LogP contribution in [0.2, 0.25) is 10.0 Å². The number of hydrogen-bond donors (Lipinski definition) is 1. The Morgan fingerprint density at radius 1 is 1.00 bits per heavy atom. The van der Waals surface area contributed by atoms with Crippen molar-refractivity contribution in [2.24, 2.45) is 0 Å². The van der Waals surface area contributed by atoms with Crippen LogP contribution in [0.4, 0.5) is 0 Å². The van der Waals surface area contributed by atoms with E-state index in [1.807, 2.05) is 30.3 Å². The maximum atomic E-state index is 6.14. The van der Waals surface area contributed by atoms with Crippen LogP contribution in [0, 0.1) is 0 Å². The first-order chi connectivity index (χ1) is 13.5. The standard InChI is InChI=1S/C21H25Cl2N5/c1-27(2)12-6-11-24-14-20-21(17-7-4-3-5-8-17)26-28(25-20)15-16-9-10-18(22)19(23)13-16/h3-5,7-10,13,24H,6,11-12,14-15H2,1-2H3. The fourth-order valence-corrected chi connectivity index (χ4v) is 3.24. The molecule has 3 aromatic rings. The quantitative estimate of drug-likeness (QED) is 0.525. The SMILES string of the molecule is CN(C)CCCNCc1nn(Cc2ccc(Cl)c(Cl)c2)nc1-c1ccccc1. The molecule has 0 amide bonds. The molecule has 7 heteroatoms. The molecule has 0 aliphatic heterocycles. The Morgan fingerprint density at radius 2 is 1.79 bits per heavy atom. The second-order valence-electron chi connectivity index (χ2n) is 6.97. The highest BCUT2D eigenvalue weighted by Gasteiger charge is 2.13. The van der Waals surface area contributed by atoms with E-state index >= 15 is 0 Å². The summed E-state index contributed by atoms with van der Waals surface area (Å²) in [6.45, 7) is 3.21. The van der Waals surface area contributed by atoms with E-state index < -0.39 is 0 Å². The van der Waals surface area contributed by atoms with Crippen molar-refractivity contribution in [3.05, 3.63) is 69.8 Å². The second-order valence-corrected chi connectivity index (χ2v) is 7.79. The van der Waals surface area contributed by atoms with Crippen molar-refractivity contribution in [3.63, 3.8) is 0 Å². The molecular formula is C21H25Cl2N5. The van der Waals surface area contributed by atoms with E-state index in [0.29, 0.717) is 23.1 Å². The van der Waals surface area contributed by atoms with E-state index in [2.05, 4.69) is 36.4 Å². The van der Waals surface area contributed by atoms with Gasteiger partial charge in [-0.25, -0.2) is 0 Å². The normalized spacial score (nSPS) is 11.3. The summed E-state index contributed by atoms with van der Waals surface area (Å²) in [5.74, 6) is 0. The summed E-state index contributed by atoms with van der Waals surface area (Å²) in [4.78, 5) is 3.91. The Labute approximate surface area is 176 Å². The molecule has 1 aromatic heterocycles. The van der Waals surface area contributed by atoms with E-state index in [1.54, 1.807) is 10.9 Å². The first-order valence-corrected chi connectivity index (χ1v) is 10.1. The maximum Gasteiger partial charge on any atom is 0.117 e. The number of aromatic nitrogens is 3. The van der Waals surface area contributed by atoms with Crippen LogP contribution in [-0.2, 0) is 13.1 Å². The Kier molecular flexibility index (Phi) is 7.45. The van der Waals surface area contributed by atoms with Crippen molar-refractivity contribution in [2.45, 2.75) is 19.5 Å². The average Bonchev–Trinajstić information content (AvgIpc) is 3.07. The highest BCUT2D eigenvalue weighted by molar-refractivity contribution is 6.42. The molecule has 0 atom stereocenters. The molecule has 0 saturated heterocycles. The molecule has 1 N–H and O–H groups in total. The summed E-state index contributed by atoms with van der Waals surface area (Å²) < 4.78 is 0. The minimum atomic E-state index is 0.539. The number of halogens is 2. The van der Waals surface area contributed by atoms with Gasteiger partial charge in [0.25, 0.3) is 0 Å². The van der Waals surface area contributed by atoms with Gasteiger partial charge in [-0.05, 0) is 51.3 Å². The fourth-order valence-electron chi connectivity index (χ4n) is 2.92. The highest BCUT2D eigenvalue weighted by atomic mass is 35.5. The predicted molar refractivity (Wildman–Crippen MR) is 116 cm³/mol. The molecule has 2 aromatic carbocycles. The molecule has 0 unspecified atom stereocenters. The van der Waals surface area contributed by atoms with E-state index in [0.717, 1.165) is 42.0 Å². The molecule has 0 spiro atoms. The summed E-state index contributed by atoms with van der Waals surface area (Å²) in [6, 6.07) is 15.7. The number of nitrogens with one attached hydrogen (secondary N) is 1. The molecule has 3 rings (SSSR count). The first-order valence-electron chi connectivity index (χ1n) is 9.31. The zero-order valence-corrected chi connectivity index (χ0v) is 17.7. The number of benzene rings is 2. The first kappa shape index (κ1) is 20.8. The van der Waals surface area contributed by atoms with Crippen molar-refractivity contribution >= 4 is 23.2 Å². The lowest BCUT2D eigenvalue weighted by Gasteiger charge is -2.09. The molecule has 0 fully saturated rings. The van der Waals surface area contributed by atoms with Crippen LogP contribution >= 0.6 is 23.2 Å². The summed E-state index contributed by atoms with van der Waals surface area (Å²) >= 11 is 12.2. The van der Waals surface area contributed by atoms with Gasteiger partial charge in [0, 0.05) is 12.1 Å². The van der Waals surface area contributed by atoms with Crippen LogP contribution in [-0.4, -0.2) is 47.1 Å². The van der Waals surface area contributed by atoms with Gasteiger partial charge < -0.3 is 10.2 Å². The lowest BCUT2D eigenvalue weighted by atomic mass is 10.1. The van der Waals surface area contributed by atoms with Crippen LogP contribution in [0.5, 0.6) is 0 Å². The second kappa shape index (κ2) is 10.0. The van der Waals surface area contributed by atoms with Crippen LogP contribution in [0.1, 0.15) is 17.7 Å². The third-order valence-corrected chi connectivity index (χ3v) is 5.07. The molecule has 5 nitrogen and oxygen atoms in total. The van der Waals surface area contributed by atoms with Gasteiger partial charge >= 0.3 is 0 Å².